The zero-order chi connectivity index (χ0) is 13.8. The van der Waals surface area contributed by atoms with E-state index in [2.05, 4.69) is 10.2 Å². The number of amides is 1. The smallest absolute Gasteiger partial charge is 0.408 e. The maximum absolute atomic E-state index is 11.9. The fourth-order valence-electron chi connectivity index (χ4n) is 1.86. The van der Waals surface area contributed by atoms with Crippen molar-refractivity contribution in [1.29, 1.82) is 0 Å². The molecule has 0 spiro atoms. The van der Waals surface area contributed by atoms with Crippen LogP contribution in [0.4, 0.5) is 4.79 Å². The van der Waals surface area contributed by atoms with Gasteiger partial charge in [0.05, 0.1) is 12.6 Å². The largest absolute Gasteiger partial charge is 0.444 e. The number of hydrogen-bond acceptors (Lipinski definition) is 4. The van der Waals surface area contributed by atoms with E-state index in [1.165, 1.54) is 0 Å². The fourth-order valence-corrected chi connectivity index (χ4v) is 1.86. The third-order valence-electron chi connectivity index (χ3n) is 2.79. The molecule has 1 rings (SSSR count). The highest BCUT2D eigenvalue weighted by molar-refractivity contribution is 5.88. The Morgan fingerprint density at radius 1 is 1.28 bits per heavy atom. The lowest BCUT2D eigenvalue weighted by atomic mass is 10.2. The van der Waals surface area contributed by atoms with Gasteiger partial charge >= 0.3 is 6.09 Å². The number of carbonyl (C=O) groups is 2. The van der Waals surface area contributed by atoms with Crippen LogP contribution < -0.4 is 5.32 Å². The molecule has 1 fully saturated rings. The molecular formula is C13H24N2O3. The van der Waals surface area contributed by atoms with Crippen LogP contribution in [-0.4, -0.2) is 48.1 Å². The van der Waals surface area contributed by atoms with Crippen molar-refractivity contribution in [2.75, 3.05) is 19.6 Å². The second-order valence-electron chi connectivity index (χ2n) is 5.82. The lowest BCUT2D eigenvalue weighted by Gasteiger charge is -2.22. The number of likely N-dealkylation sites (tertiary alicyclic amines) is 1. The average molecular weight is 256 g/mol. The molecule has 0 aromatic carbocycles. The molecule has 1 atom stereocenters. The number of Topliss-reactive ketones (excluding diaryl/α,β-unsaturated/α-hetero) is 1. The van der Waals surface area contributed by atoms with Gasteiger partial charge in [0.15, 0.2) is 5.78 Å². The predicted octanol–water partition coefficient (Wildman–Crippen LogP) is 1.56. The Morgan fingerprint density at radius 2 is 1.83 bits per heavy atom. The summed E-state index contributed by atoms with van der Waals surface area (Å²) in [6, 6.07) is -0.500. The molecule has 0 aliphatic carbocycles. The Bertz CT molecular complexity index is 304. The summed E-state index contributed by atoms with van der Waals surface area (Å²) < 4.78 is 5.11. The van der Waals surface area contributed by atoms with Crippen LogP contribution in [0.15, 0.2) is 0 Å². The number of ketones is 1. The first kappa shape index (κ1) is 15.0. The van der Waals surface area contributed by atoms with Gasteiger partial charge in [-0.05, 0) is 53.6 Å². The number of alkyl carbamates (subject to hydrolysis) is 1. The van der Waals surface area contributed by atoms with Crippen molar-refractivity contribution in [2.45, 2.75) is 52.2 Å². The molecular weight excluding hydrogens is 232 g/mol. The van der Waals surface area contributed by atoms with E-state index in [-0.39, 0.29) is 5.78 Å². The lowest BCUT2D eigenvalue weighted by Crippen LogP contribution is -2.45. The number of rotatable bonds is 4. The van der Waals surface area contributed by atoms with Crippen LogP contribution in [0.1, 0.15) is 40.5 Å². The number of nitrogens with zero attached hydrogens (tertiary/aromatic N) is 1. The normalized spacial score (nSPS) is 18.4. The first-order valence-electron chi connectivity index (χ1n) is 6.52. The Hall–Kier alpha value is -1.10. The highest BCUT2D eigenvalue weighted by Gasteiger charge is 2.23. The molecule has 104 valence electrons. The van der Waals surface area contributed by atoms with E-state index in [0.717, 1.165) is 25.9 Å². The van der Waals surface area contributed by atoms with Crippen LogP contribution in [-0.2, 0) is 9.53 Å². The van der Waals surface area contributed by atoms with Crippen molar-refractivity contribution in [3.63, 3.8) is 0 Å². The lowest BCUT2D eigenvalue weighted by molar-refractivity contribution is -0.121. The minimum Gasteiger partial charge on any atom is -0.444 e. The van der Waals surface area contributed by atoms with Crippen molar-refractivity contribution >= 4 is 11.9 Å². The zero-order valence-electron chi connectivity index (χ0n) is 11.8. The molecule has 0 radical (unpaired) electrons. The minimum absolute atomic E-state index is 0.0303. The van der Waals surface area contributed by atoms with Gasteiger partial charge in [-0.25, -0.2) is 4.79 Å². The summed E-state index contributed by atoms with van der Waals surface area (Å²) in [5.74, 6) is 0.0303. The van der Waals surface area contributed by atoms with E-state index in [4.69, 9.17) is 4.74 Å². The summed E-state index contributed by atoms with van der Waals surface area (Å²) in [5.41, 5.74) is -0.540. The summed E-state index contributed by atoms with van der Waals surface area (Å²) in [6.07, 6.45) is 1.77. The van der Waals surface area contributed by atoms with Crippen molar-refractivity contribution in [2.24, 2.45) is 0 Å². The van der Waals surface area contributed by atoms with Crippen LogP contribution >= 0.6 is 0 Å². The monoisotopic (exact) mass is 256 g/mol. The van der Waals surface area contributed by atoms with Gasteiger partial charge in [-0.1, -0.05) is 0 Å². The number of carbonyl (C=O) groups excluding carboxylic acids is 2. The number of ether oxygens (including phenoxy) is 1. The topological polar surface area (TPSA) is 58.6 Å². The quantitative estimate of drug-likeness (QED) is 0.829. The summed E-state index contributed by atoms with van der Waals surface area (Å²) in [5, 5.41) is 2.57. The molecule has 0 saturated carbocycles. The van der Waals surface area contributed by atoms with E-state index in [1.807, 2.05) is 0 Å². The molecule has 1 heterocycles. The Morgan fingerprint density at radius 3 is 2.33 bits per heavy atom. The maximum Gasteiger partial charge on any atom is 0.408 e. The molecule has 1 aliphatic rings. The van der Waals surface area contributed by atoms with E-state index in [1.54, 1.807) is 27.7 Å². The third-order valence-corrected chi connectivity index (χ3v) is 2.79. The average Bonchev–Trinajstić information content (AvgIpc) is 2.66. The van der Waals surface area contributed by atoms with Crippen molar-refractivity contribution in [1.82, 2.24) is 10.2 Å². The van der Waals surface area contributed by atoms with Crippen molar-refractivity contribution in [3.8, 4) is 0 Å². The zero-order valence-corrected chi connectivity index (χ0v) is 11.8. The maximum atomic E-state index is 11.9. The van der Waals surface area contributed by atoms with Crippen LogP contribution in [0.25, 0.3) is 0 Å². The van der Waals surface area contributed by atoms with Gasteiger partial charge < -0.3 is 10.1 Å². The van der Waals surface area contributed by atoms with Gasteiger partial charge in [0.2, 0.25) is 0 Å². The summed E-state index contributed by atoms with van der Waals surface area (Å²) >= 11 is 0. The molecule has 18 heavy (non-hydrogen) atoms. The number of nitrogens with one attached hydrogen (secondary N) is 1. The summed E-state index contributed by atoms with van der Waals surface area (Å²) in [6.45, 7) is 9.45. The molecule has 0 aromatic rings. The van der Waals surface area contributed by atoms with Crippen LogP contribution in [0.2, 0.25) is 0 Å². The molecule has 1 saturated heterocycles. The van der Waals surface area contributed by atoms with Crippen molar-refractivity contribution in [3.05, 3.63) is 0 Å². The molecule has 0 bridgehead atoms. The first-order valence-corrected chi connectivity index (χ1v) is 6.52. The highest BCUT2D eigenvalue weighted by Crippen LogP contribution is 2.08. The van der Waals surface area contributed by atoms with Gasteiger partial charge in [-0.3, -0.25) is 9.69 Å². The second kappa shape index (κ2) is 6.18. The van der Waals surface area contributed by atoms with E-state index in [0.29, 0.717) is 6.54 Å². The highest BCUT2D eigenvalue weighted by atomic mass is 16.6. The molecule has 0 unspecified atom stereocenters. The molecule has 1 amide bonds. The van der Waals surface area contributed by atoms with E-state index >= 15 is 0 Å². The SMILES string of the molecule is C[C@@H](NC(=O)OC(C)(C)C)C(=O)CN1CCCC1. The van der Waals surface area contributed by atoms with Gasteiger partial charge in [0, 0.05) is 0 Å². The Labute approximate surface area is 109 Å². The molecule has 0 aromatic heterocycles. The van der Waals surface area contributed by atoms with E-state index < -0.39 is 17.7 Å². The Kier molecular flexibility index (Phi) is 5.14. The van der Waals surface area contributed by atoms with Gasteiger partial charge in [-0.2, -0.15) is 0 Å². The number of hydrogen-bond donors (Lipinski definition) is 1. The molecule has 5 heteroatoms. The standard InChI is InChI=1S/C13H24N2O3/c1-10(14-12(17)18-13(2,3)4)11(16)9-15-7-5-6-8-15/h10H,5-9H2,1-4H3,(H,14,17)/t10-/m1/s1. The summed E-state index contributed by atoms with van der Waals surface area (Å²) in [4.78, 5) is 25.5. The van der Waals surface area contributed by atoms with Crippen molar-refractivity contribution < 1.29 is 14.3 Å². The molecule has 1 N–H and O–H groups in total. The van der Waals surface area contributed by atoms with E-state index in [9.17, 15) is 9.59 Å². The van der Waals surface area contributed by atoms with Crippen LogP contribution in [0.3, 0.4) is 0 Å². The van der Waals surface area contributed by atoms with Crippen LogP contribution in [0, 0.1) is 0 Å². The predicted molar refractivity (Wildman–Crippen MR) is 69.5 cm³/mol. The second-order valence-corrected chi connectivity index (χ2v) is 5.82. The van der Waals surface area contributed by atoms with Gasteiger partial charge in [0.25, 0.3) is 0 Å². The Balaban J connectivity index is 2.32. The third kappa shape index (κ3) is 5.49. The minimum atomic E-state index is -0.540. The van der Waals surface area contributed by atoms with Gasteiger partial charge in [-0.15, -0.1) is 0 Å². The molecule has 1 aliphatic heterocycles. The first-order chi connectivity index (χ1) is 8.28. The van der Waals surface area contributed by atoms with Crippen LogP contribution in [0.5, 0.6) is 0 Å². The van der Waals surface area contributed by atoms with Gasteiger partial charge in [0.1, 0.15) is 5.60 Å². The summed E-state index contributed by atoms with van der Waals surface area (Å²) in [7, 11) is 0. The molecule has 5 nitrogen and oxygen atoms in total. The fraction of sp³-hybridized carbons (Fsp3) is 0.846.